The number of benzene rings is 2. The standard InChI is InChI=1S/C14H10BrFO2/c1-9-2-3-10(8-17)6-14(9)18-13-5-4-11(16)7-12(13)15/h2-8H,1H3. The van der Waals surface area contributed by atoms with E-state index < -0.39 is 0 Å². The third-order valence-corrected chi connectivity index (χ3v) is 3.08. The molecule has 0 amide bonds. The van der Waals surface area contributed by atoms with Crippen molar-refractivity contribution in [3.8, 4) is 11.5 Å². The van der Waals surface area contributed by atoms with Gasteiger partial charge in [0.2, 0.25) is 0 Å². The van der Waals surface area contributed by atoms with Gasteiger partial charge in [0.1, 0.15) is 23.6 Å². The Labute approximate surface area is 113 Å². The van der Waals surface area contributed by atoms with E-state index in [0.717, 1.165) is 11.8 Å². The third kappa shape index (κ3) is 2.76. The van der Waals surface area contributed by atoms with Crippen molar-refractivity contribution in [2.75, 3.05) is 0 Å². The molecule has 0 saturated carbocycles. The minimum absolute atomic E-state index is 0.340. The summed E-state index contributed by atoms with van der Waals surface area (Å²) in [4.78, 5) is 10.7. The van der Waals surface area contributed by atoms with Crippen LogP contribution in [0.1, 0.15) is 15.9 Å². The molecule has 0 aliphatic rings. The number of rotatable bonds is 3. The molecule has 0 fully saturated rings. The molecule has 2 aromatic rings. The van der Waals surface area contributed by atoms with Crippen molar-refractivity contribution in [3.63, 3.8) is 0 Å². The van der Waals surface area contributed by atoms with E-state index in [9.17, 15) is 9.18 Å². The van der Waals surface area contributed by atoms with Crippen LogP contribution < -0.4 is 4.74 Å². The first-order valence-corrected chi connectivity index (χ1v) is 6.08. The number of aldehydes is 1. The highest BCUT2D eigenvalue weighted by molar-refractivity contribution is 9.10. The predicted octanol–water partition coefficient (Wildman–Crippen LogP) is 4.50. The highest BCUT2D eigenvalue weighted by Crippen LogP contribution is 2.32. The number of ether oxygens (including phenoxy) is 1. The van der Waals surface area contributed by atoms with E-state index in [1.807, 2.05) is 6.92 Å². The van der Waals surface area contributed by atoms with E-state index in [2.05, 4.69) is 15.9 Å². The van der Waals surface area contributed by atoms with Crippen molar-refractivity contribution in [3.05, 3.63) is 57.8 Å². The van der Waals surface area contributed by atoms with Crippen molar-refractivity contribution in [2.45, 2.75) is 6.92 Å². The summed E-state index contributed by atoms with van der Waals surface area (Å²) < 4.78 is 19.1. The first-order chi connectivity index (χ1) is 8.60. The summed E-state index contributed by atoms with van der Waals surface area (Å²) >= 11 is 3.23. The van der Waals surface area contributed by atoms with Crippen molar-refractivity contribution in [1.82, 2.24) is 0 Å². The van der Waals surface area contributed by atoms with Crippen LogP contribution in [0.2, 0.25) is 0 Å². The molecular weight excluding hydrogens is 299 g/mol. The molecule has 2 aromatic carbocycles. The van der Waals surface area contributed by atoms with Crippen LogP contribution in [0.25, 0.3) is 0 Å². The van der Waals surface area contributed by atoms with Crippen LogP contribution in [0.3, 0.4) is 0 Å². The second-order valence-corrected chi connectivity index (χ2v) is 4.67. The largest absolute Gasteiger partial charge is 0.456 e. The molecule has 2 nitrogen and oxygen atoms in total. The van der Waals surface area contributed by atoms with Crippen molar-refractivity contribution >= 4 is 22.2 Å². The highest BCUT2D eigenvalue weighted by Gasteiger charge is 2.07. The molecule has 0 saturated heterocycles. The molecule has 0 radical (unpaired) electrons. The topological polar surface area (TPSA) is 26.3 Å². The number of aryl methyl sites for hydroxylation is 1. The van der Waals surface area contributed by atoms with E-state index in [1.165, 1.54) is 18.2 Å². The normalized spacial score (nSPS) is 10.2. The Kier molecular flexibility index (Phi) is 3.77. The van der Waals surface area contributed by atoms with Crippen LogP contribution in [0.4, 0.5) is 4.39 Å². The fraction of sp³-hybridized carbons (Fsp3) is 0.0714. The van der Waals surface area contributed by atoms with Crippen LogP contribution in [-0.2, 0) is 0 Å². The highest BCUT2D eigenvalue weighted by atomic mass is 79.9. The fourth-order valence-electron chi connectivity index (χ4n) is 1.48. The van der Waals surface area contributed by atoms with Gasteiger partial charge in [-0.1, -0.05) is 12.1 Å². The van der Waals surface area contributed by atoms with Crippen LogP contribution in [-0.4, -0.2) is 6.29 Å². The lowest BCUT2D eigenvalue weighted by molar-refractivity contribution is 0.112. The fourth-order valence-corrected chi connectivity index (χ4v) is 1.91. The van der Waals surface area contributed by atoms with Crippen molar-refractivity contribution < 1.29 is 13.9 Å². The summed E-state index contributed by atoms with van der Waals surface area (Å²) in [6, 6.07) is 9.35. The van der Waals surface area contributed by atoms with E-state index in [0.29, 0.717) is 21.5 Å². The average molecular weight is 309 g/mol. The number of carbonyl (C=O) groups excluding carboxylic acids is 1. The monoisotopic (exact) mass is 308 g/mol. The molecule has 18 heavy (non-hydrogen) atoms. The summed E-state index contributed by atoms with van der Waals surface area (Å²) in [5.74, 6) is 0.738. The van der Waals surface area contributed by atoms with Gasteiger partial charge in [0.15, 0.2) is 0 Å². The SMILES string of the molecule is Cc1ccc(C=O)cc1Oc1ccc(F)cc1Br. The van der Waals surface area contributed by atoms with E-state index in [1.54, 1.807) is 18.2 Å². The van der Waals surface area contributed by atoms with Crippen LogP contribution in [0.5, 0.6) is 11.5 Å². The Morgan fingerprint density at radius 2 is 1.94 bits per heavy atom. The van der Waals surface area contributed by atoms with Gasteiger partial charge in [-0.05, 0) is 52.7 Å². The second-order valence-electron chi connectivity index (χ2n) is 3.82. The Balaban J connectivity index is 2.36. The van der Waals surface area contributed by atoms with Crippen molar-refractivity contribution in [2.24, 2.45) is 0 Å². The molecule has 0 spiro atoms. The van der Waals surface area contributed by atoms with Gasteiger partial charge < -0.3 is 4.74 Å². The second kappa shape index (κ2) is 5.31. The molecule has 4 heteroatoms. The van der Waals surface area contributed by atoms with Gasteiger partial charge in [0, 0.05) is 5.56 Å². The van der Waals surface area contributed by atoms with Crippen molar-refractivity contribution in [1.29, 1.82) is 0 Å². The van der Waals surface area contributed by atoms with Gasteiger partial charge in [0.05, 0.1) is 4.47 Å². The number of halogens is 2. The van der Waals surface area contributed by atoms with E-state index in [-0.39, 0.29) is 5.82 Å². The zero-order chi connectivity index (χ0) is 13.1. The summed E-state index contributed by atoms with van der Waals surface area (Å²) in [6.45, 7) is 1.88. The Bertz CT molecular complexity index is 596. The number of hydrogen-bond donors (Lipinski definition) is 0. The minimum Gasteiger partial charge on any atom is -0.456 e. The summed E-state index contributed by atoms with van der Waals surface area (Å²) in [7, 11) is 0. The quantitative estimate of drug-likeness (QED) is 0.780. The molecule has 0 N–H and O–H groups in total. The van der Waals surface area contributed by atoms with Gasteiger partial charge in [-0.25, -0.2) is 4.39 Å². The summed E-state index contributed by atoms with van der Waals surface area (Å²) in [5, 5.41) is 0. The maximum atomic E-state index is 13.0. The van der Waals surface area contributed by atoms with E-state index >= 15 is 0 Å². The first kappa shape index (κ1) is 12.8. The molecule has 0 heterocycles. The Morgan fingerprint density at radius 3 is 2.61 bits per heavy atom. The molecule has 92 valence electrons. The maximum Gasteiger partial charge on any atom is 0.150 e. The zero-order valence-electron chi connectivity index (χ0n) is 9.61. The lowest BCUT2D eigenvalue weighted by Crippen LogP contribution is -1.91. The molecule has 0 aliphatic heterocycles. The van der Waals surface area contributed by atoms with Gasteiger partial charge in [-0.15, -0.1) is 0 Å². The van der Waals surface area contributed by atoms with Crippen LogP contribution in [0.15, 0.2) is 40.9 Å². The molecule has 0 unspecified atom stereocenters. The van der Waals surface area contributed by atoms with Gasteiger partial charge >= 0.3 is 0 Å². The molecular formula is C14H10BrFO2. The molecule has 2 rings (SSSR count). The minimum atomic E-state index is -0.340. The molecule has 0 aromatic heterocycles. The third-order valence-electron chi connectivity index (χ3n) is 2.46. The van der Waals surface area contributed by atoms with E-state index in [4.69, 9.17) is 4.74 Å². The smallest absolute Gasteiger partial charge is 0.150 e. The maximum absolute atomic E-state index is 13.0. The summed E-state index contributed by atoms with van der Waals surface area (Å²) in [6.07, 6.45) is 0.756. The molecule has 0 bridgehead atoms. The predicted molar refractivity (Wildman–Crippen MR) is 70.7 cm³/mol. The van der Waals surface area contributed by atoms with Crippen LogP contribution in [0, 0.1) is 12.7 Å². The average Bonchev–Trinajstić information content (AvgIpc) is 2.35. The lowest BCUT2D eigenvalue weighted by Gasteiger charge is -2.10. The van der Waals surface area contributed by atoms with Crippen LogP contribution >= 0.6 is 15.9 Å². The Hall–Kier alpha value is -1.68. The number of carbonyl (C=O) groups is 1. The first-order valence-electron chi connectivity index (χ1n) is 5.29. The van der Waals surface area contributed by atoms with Gasteiger partial charge in [-0.2, -0.15) is 0 Å². The van der Waals surface area contributed by atoms with Gasteiger partial charge in [-0.3, -0.25) is 4.79 Å². The van der Waals surface area contributed by atoms with Gasteiger partial charge in [0.25, 0.3) is 0 Å². The zero-order valence-corrected chi connectivity index (χ0v) is 11.2. The Morgan fingerprint density at radius 1 is 1.17 bits per heavy atom. The molecule has 0 atom stereocenters. The molecule has 0 aliphatic carbocycles. The summed E-state index contributed by atoms with van der Waals surface area (Å²) in [5.41, 5.74) is 1.44. The lowest BCUT2D eigenvalue weighted by atomic mass is 10.1. The number of hydrogen-bond acceptors (Lipinski definition) is 2.